The van der Waals surface area contributed by atoms with Crippen molar-refractivity contribution in [1.29, 1.82) is 0 Å². The number of rotatable bonds is 11. The summed E-state index contributed by atoms with van der Waals surface area (Å²) in [6.45, 7) is 5.93. The third kappa shape index (κ3) is 6.63. The lowest BCUT2D eigenvalue weighted by Crippen LogP contribution is -2.06. The molecular formula is C34H37F3. The minimum Gasteiger partial charge on any atom is -0.206 e. The van der Waals surface area contributed by atoms with Crippen LogP contribution in [0.25, 0.3) is 27.8 Å². The maximum absolute atomic E-state index is 15.1. The highest BCUT2D eigenvalue weighted by Crippen LogP contribution is 2.35. The zero-order chi connectivity index (χ0) is 26.2. The predicted octanol–water partition coefficient (Wildman–Crippen LogP) is 10.7. The van der Waals surface area contributed by atoms with E-state index in [1.165, 1.54) is 0 Å². The highest BCUT2D eigenvalue weighted by atomic mass is 19.2. The van der Waals surface area contributed by atoms with E-state index in [0.717, 1.165) is 74.5 Å². The molecule has 0 bridgehead atoms. The highest BCUT2D eigenvalue weighted by Gasteiger charge is 2.18. The van der Waals surface area contributed by atoms with Crippen molar-refractivity contribution in [3.05, 3.63) is 102 Å². The molecule has 1 unspecified atom stereocenters. The van der Waals surface area contributed by atoms with Crippen LogP contribution in [0.15, 0.2) is 73.3 Å². The van der Waals surface area contributed by atoms with Gasteiger partial charge in [0.05, 0.1) is 0 Å². The van der Waals surface area contributed by atoms with E-state index >= 15 is 4.39 Å². The minimum absolute atomic E-state index is 0.222. The summed E-state index contributed by atoms with van der Waals surface area (Å²) in [4.78, 5) is 0. The molecule has 3 heteroatoms. The average Bonchev–Trinajstić information content (AvgIpc) is 2.93. The predicted molar refractivity (Wildman–Crippen MR) is 150 cm³/mol. The Labute approximate surface area is 219 Å². The van der Waals surface area contributed by atoms with Crippen LogP contribution in [0.1, 0.15) is 75.8 Å². The van der Waals surface area contributed by atoms with Crippen molar-refractivity contribution in [1.82, 2.24) is 0 Å². The second-order valence-corrected chi connectivity index (χ2v) is 10.2. The van der Waals surface area contributed by atoms with Gasteiger partial charge in [-0.05, 0) is 84.8 Å². The van der Waals surface area contributed by atoms with Crippen LogP contribution in [-0.4, -0.2) is 0 Å². The van der Waals surface area contributed by atoms with Crippen LogP contribution in [0.4, 0.5) is 13.2 Å². The second-order valence-electron chi connectivity index (χ2n) is 10.2. The molecule has 1 aliphatic carbocycles. The Hall–Kier alpha value is -3.07. The van der Waals surface area contributed by atoms with Gasteiger partial charge in [0.15, 0.2) is 11.6 Å². The maximum atomic E-state index is 15.1. The number of aryl methyl sites for hydroxylation is 1. The number of hydrogen-bond acceptors (Lipinski definition) is 0. The minimum atomic E-state index is -0.802. The molecule has 4 rings (SSSR count). The number of halogens is 3. The van der Waals surface area contributed by atoms with Crippen molar-refractivity contribution >= 4 is 5.57 Å². The molecule has 0 amide bonds. The number of unbranched alkanes of at least 4 members (excludes halogenated alkanes) is 3. The Bertz CT molecular complexity index is 1240. The molecule has 0 N–H and O–H groups in total. The molecule has 0 fully saturated rings. The van der Waals surface area contributed by atoms with Gasteiger partial charge >= 0.3 is 0 Å². The first kappa shape index (κ1) is 27.0. The summed E-state index contributed by atoms with van der Waals surface area (Å²) in [5.41, 5.74) is 4.65. The summed E-state index contributed by atoms with van der Waals surface area (Å²) in [5, 5.41) is 0. The van der Waals surface area contributed by atoms with E-state index in [1.807, 2.05) is 30.3 Å². The first-order valence-corrected chi connectivity index (χ1v) is 13.7. The lowest BCUT2D eigenvalue weighted by molar-refractivity contribution is 0.453. The molecule has 0 radical (unpaired) electrons. The van der Waals surface area contributed by atoms with Crippen LogP contribution in [-0.2, 0) is 6.42 Å². The van der Waals surface area contributed by atoms with E-state index in [1.54, 1.807) is 30.3 Å². The second kappa shape index (κ2) is 12.9. The molecule has 3 aromatic carbocycles. The van der Waals surface area contributed by atoms with Crippen molar-refractivity contribution in [2.45, 2.75) is 71.1 Å². The fourth-order valence-electron chi connectivity index (χ4n) is 5.29. The van der Waals surface area contributed by atoms with Crippen molar-refractivity contribution in [3.63, 3.8) is 0 Å². The summed E-state index contributed by atoms with van der Waals surface area (Å²) in [5.74, 6) is -1.12. The molecule has 3 aromatic rings. The molecule has 0 saturated heterocycles. The lowest BCUT2D eigenvalue weighted by atomic mass is 9.84. The van der Waals surface area contributed by atoms with Crippen LogP contribution >= 0.6 is 0 Å². The zero-order valence-electron chi connectivity index (χ0n) is 21.8. The monoisotopic (exact) mass is 502 g/mol. The van der Waals surface area contributed by atoms with Gasteiger partial charge in [-0.1, -0.05) is 86.9 Å². The number of hydrogen-bond donors (Lipinski definition) is 0. The van der Waals surface area contributed by atoms with Gasteiger partial charge in [-0.3, -0.25) is 0 Å². The van der Waals surface area contributed by atoms with Gasteiger partial charge in [0.1, 0.15) is 5.82 Å². The number of allylic oxidation sites excluding steroid dienone is 3. The van der Waals surface area contributed by atoms with E-state index < -0.39 is 11.6 Å². The van der Waals surface area contributed by atoms with E-state index in [4.69, 9.17) is 0 Å². The van der Waals surface area contributed by atoms with Crippen molar-refractivity contribution in [2.24, 2.45) is 5.92 Å². The Kier molecular flexibility index (Phi) is 9.44. The number of benzene rings is 3. The molecule has 1 aliphatic rings. The third-order valence-corrected chi connectivity index (χ3v) is 7.60. The molecule has 0 heterocycles. The topological polar surface area (TPSA) is 0 Å². The van der Waals surface area contributed by atoms with Gasteiger partial charge in [-0.25, -0.2) is 13.2 Å². The Balaban J connectivity index is 1.46. The standard InChI is InChI=1S/C34H37F3/c1-3-5-7-8-10-28-19-22-31(34(37)33(28)36)27-17-15-25(16-18-27)29-20-21-30(32(35)23-29)26-13-11-24(12-14-26)9-6-4-2/h4,13,15-24H,2-3,5-12,14H2,1H3. The van der Waals surface area contributed by atoms with Crippen LogP contribution in [0, 0.1) is 23.4 Å². The first-order chi connectivity index (χ1) is 18.0. The Morgan fingerprint density at radius 2 is 1.57 bits per heavy atom. The van der Waals surface area contributed by atoms with Gasteiger partial charge in [0.2, 0.25) is 0 Å². The largest absolute Gasteiger partial charge is 0.206 e. The Morgan fingerprint density at radius 1 is 0.838 bits per heavy atom. The molecule has 194 valence electrons. The molecule has 37 heavy (non-hydrogen) atoms. The first-order valence-electron chi connectivity index (χ1n) is 13.7. The summed E-state index contributed by atoms with van der Waals surface area (Å²) >= 11 is 0. The van der Waals surface area contributed by atoms with Crippen LogP contribution in [0.2, 0.25) is 0 Å². The molecule has 1 atom stereocenters. The average molecular weight is 503 g/mol. The third-order valence-electron chi connectivity index (χ3n) is 7.60. The fourth-order valence-corrected chi connectivity index (χ4v) is 5.29. The van der Waals surface area contributed by atoms with E-state index in [2.05, 4.69) is 19.6 Å². The SMILES string of the molecule is C=CCCC1CC=C(c2ccc(-c3ccc(-c4ccc(CCCCCC)c(F)c4F)cc3)cc2F)CC1. The molecule has 0 aliphatic heterocycles. The molecular weight excluding hydrogens is 465 g/mol. The van der Waals surface area contributed by atoms with Crippen molar-refractivity contribution in [2.75, 3.05) is 0 Å². The highest BCUT2D eigenvalue weighted by molar-refractivity contribution is 5.74. The summed E-state index contributed by atoms with van der Waals surface area (Å²) in [6.07, 6.45) is 13.9. The van der Waals surface area contributed by atoms with E-state index in [0.29, 0.717) is 29.0 Å². The normalized spacial score (nSPS) is 15.5. The molecule has 0 saturated carbocycles. The van der Waals surface area contributed by atoms with Crippen molar-refractivity contribution in [3.8, 4) is 22.3 Å². The smallest absolute Gasteiger partial charge is 0.166 e. The quantitative estimate of drug-likeness (QED) is 0.181. The molecule has 0 nitrogen and oxygen atoms in total. The van der Waals surface area contributed by atoms with Gasteiger partial charge in [0.25, 0.3) is 0 Å². The van der Waals surface area contributed by atoms with E-state index in [9.17, 15) is 8.78 Å². The van der Waals surface area contributed by atoms with E-state index in [-0.39, 0.29) is 11.4 Å². The van der Waals surface area contributed by atoms with Gasteiger partial charge in [0, 0.05) is 11.1 Å². The summed E-state index contributed by atoms with van der Waals surface area (Å²) < 4.78 is 44.6. The van der Waals surface area contributed by atoms with Crippen molar-refractivity contribution < 1.29 is 13.2 Å². The van der Waals surface area contributed by atoms with Gasteiger partial charge in [-0.2, -0.15) is 0 Å². The zero-order valence-corrected chi connectivity index (χ0v) is 21.8. The molecule has 0 aromatic heterocycles. The lowest BCUT2D eigenvalue weighted by Gasteiger charge is -2.22. The Morgan fingerprint density at radius 3 is 2.24 bits per heavy atom. The van der Waals surface area contributed by atoms with Crippen LogP contribution < -0.4 is 0 Å². The van der Waals surface area contributed by atoms with Crippen LogP contribution in [0.5, 0.6) is 0 Å². The maximum Gasteiger partial charge on any atom is 0.166 e. The van der Waals surface area contributed by atoms with Gasteiger partial charge < -0.3 is 0 Å². The fraction of sp³-hybridized carbons (Fsp3) is 0.353. The van der Waals surface area contributed by atoms with Crippen LogP contribution in [0.3, 0.4) is 0 Å². The van der Waals surface area contributed by atoms with Gasteiger partial charge in [-0.15, -0.1) is 6.58 Å². The summed E-state index contributed by atoms with van der Waals surface area (Å²) in [7, 11) is 0. The molecule has 0 spiro atoms. The summed E-state index contributed by atoms with van der Waals surface area (Å²) in [6, 6.07) is 15.9.